The van der Waals surface area contributed by atoms with Crippen LogP contribution in [0, 0.1) is 0 Å². The van der Waals surface area contributed by atoms with Crippen LogP contribution in [-0.4, -0.2) is 61.8 Å². The Labute approximate surface area is 144 Å². The molecule has 2 aliphatic heterocycles. The maximum atomic E-state index is 12.8. The highest BCUT2D eigenvalue weighted by Crippen LogP contribution is 2.21. The second-order valence-electron chi connectivity index (χ2n) is 6.81. The Bertz CT molecular complexity index is 500. The Balaban J connectivity index is 1.61. The van der Waals surface area contributed by atoms with Crippen LogP contribution in [0.2, 0.25) is 0 Å². The molecule has 0 radical (unpaired) electrons. The SMILES string of the molecule is COC[C@@H](NC(=O)N1CCCC[C@H](N2CCCC2)C1)c1ccco1. The number of nitrogens with one attached hydrogen (secondary N) is 1. The van der Waals surface area contributed by atoms with E-state index in [0.29, 0.717) is 12.6 Å². The minimum Gasteiger partial charge on any atom is -0.467 e. The predicted molar refractivity (Wildman–Crippen MR) is 91.9 cm³/mol. The number of carbonyl (C=O) groups is 1. The molecular weight excluding hydrogens is 306 g/mol. The fourth-order valence-corrected chi connectivity index (χ4v) is 3.80. The maximum Gasteiger partial charge on any atom is 0.318 e. The Hall–Kier alpha value is -1.53. The highest BCUT2D eigenvalue weighted by molar-refractivity contribution is 5.74. The molecule has 6 nitrogen and oxygen atoms in total. The first kappa shape index (κ1) is 17.3. The zero-order valence-corrected chi connectivity index (χ0v) is 14.6. The quantitative estimate of drug-likeness (QED) is 0.899. The zero-order valence-electron chi connectivity index (χ0n) is 14.6. The van der Waals surface area contributed by atoms with Gasteiger partial charge in [-0.2, -0.15) is 0 Å². The molecule has 0 spiro atoms. The lowest BCUT2D eigenvalue weighted by Crippen LogP contribution is -2.48. The second kappa shape index (κ2) is 8.53. The first-order valence-electron chi connectivity index (χ1n) is 9.10. The number of amides is 2. The van der Waals surface area contributed by atoms with Gasteiger partial charge < -0.3 is 19.4 Å². The molecule has 0 unspecified atom stereocenters. The molecule has 3 heterocycles. The van der Waals surface area contributed by atoms with Gasteiger partial charge in [0.25, 0.3) is 0 Å². The van der Waals surface area contributed by atoms with Crippen molar-refractivity contribution >= 4 is 6.03 Å². The number of nitrogens with zero attached hydrogens (tertiary/aromatic N) is 2. The lowest BCUT2D eigenvalue weighted by atomic mass is 10.1. The summed E-state index contributed by atoms with van der Waals surface area (Å²) in [7, 11) is 1.64. The van der Waals surface area contributed by atoms with Gasteiger partial charge in [0.15, 0.2) is 0 Å². The summed E-state index contributed by atoms with van der Waals surface area (Å²) in [4.78, 5) is 17.3. The molecule has 134 valence electrons. The maximum absolute atomic E-state index is 12.8. The molecule has 3 rings (SSSR count). The van der Waals surface area contributed by atoms with Crippen molar-refractivity contribution in [1.29, 1.82) is 0 Å². The molecular formula is C18H29N3O3. The highest BCUT2D eigenvalue weighted by atomic mass is 16.5. The van der Waals surface area contributed by atoms with Crippen molar-refractivity contribution in [2.45, 2.75) is 44.2 Å². The average Bonchev–Trinajstić information content (AvgIpc) is 3.25. The molecule has 0 bridgehead atoms. The van der Waals surface area contributed by atoms with Gasteiger partial charge >= 0.3 is 6.03 Å². The Kier molecular flexibility index (Phi) is 6.15. The zero-order chi connectivity index (χ0) is 16.8. The molecule has 1 N–H and O–H groups in total. The molecule has 2 amide bonds. The van der Waals surface area contributed by atoms with E-state index in [0.717, 1.165) is 25.3 Å². The minimum absolute atomic E-state index is 0.0143. The van der Waals surface area contributed by atoms with Crippen LogP contribution in [0.5, 0.6) is 0 Å². The van der Waals surface area contributed by atoms with Crippen LogP contribution < -0.4 is 5.32 Å². The van der Waals surface area contributed by atoms with Gasteiger partial charge in [-0.25, -0.2) is 4.79 Å². The van der Waals surface area contributed by atoms with E-state index in [1.165, 1.54) is 38.8 Å². The third-order valence-corrected chi connectivity index (χ3v) is 5.11. The largest absolute Gasteiger partial charge is 0.467 e. The number of hydrogen-bond acceptors (Lipinski definition) is 4. The smallest absolute Gasteiger partial charge is 0.318 e. The van der Waals surface area contributed by atoms with E-state index in [4.69, 9.17) is 9.15 Å². The van der Waals surface area contributed by atoms with Gasteiger partial charge in [-0.1, -0.05) is 6.42 Å². The third kappa shape index (κ3) is 4.30. The predicted octanol–water partition coefficient (Wildman–Crippen LogP) is 2.63. The lowest BCUT2D eigenvalue weighted by molar-refractivity contribution is 0.139. The highest BCUT2D eigenvalue weighted by Gasteiger charge is 2.29. The van der Waals surface area contributed by atoms with E-state index in [1.54, 1.807) is 13.4 Å². The van der Waals surface area contributed by atoms with Crippen LogP contribution in [0.4, 0.5) is 4.79 Å². The van der Waals surface area contributed by atoms with Crippen LogP contribution in [0.15, 0.2) is 22.8 Å². The summed E-state index contributed by atoms with van der Waals surface area (Å²) in [5, 5.41) is 3.08. The van der Waals surface area contributed by atoms with E-state index < -0.39 is 0 Å². The topological polar surface area (TPSA) is 58.0 Å². The summed E-state index contributed by atoms with van der Waals surface area (Å²) in [5.41, 5.74) is 0. The first-order valence-corrected chi connectivity index (χ1v) is 9.10. The van der Waals surface area contributed by atoms with Crippen molar-refractivity contribution < 1.29 is 13.9 Å². The third-order valence-electron chi connectivity index (χ3n) is 5.11. The van der Waals surface area contributed by atoms with E-state index in [2.05, 4.69) is 10.2 Å². The standard InChI is InChI=1S/C18H29N3O3/c1-23-14-16(17-8-6-12-24-17)19-18(22)21-11-3-2-7-15(13-21)20-9-4-5-10-20/h6,8,12,15-16H,2-5,7,9-11,13-14H2,1H3,(H,19,22)/t15-,16+/m0/s1. The number of hydrogen-bond donors (Lipinski definition) is 1. The number of likely N-dealkylation sites (tertiary alicyclic amines) is 2. The van der Waals surface area contributed by atoms with Gasteiger partial charge in [-0.05, 0) is 50.9 Å². The van der Waals surface area contributed by atoms with Gasteiger partial charge in [0.2, 0.25) is 0 Å². The molecule has 0 aromatic carbocycles. The van der Waals surface area contributed by atoms with E-state index in [9.17, 15) is 4.79 Å². The number of furan rings is 1. The van der Waals surface area contributed by atoms with Crippen molar-refractivity contribution in [3.63, 3.8) is 0 Å². The normalized spacial score (nSPS) is 23.9. The van der Waals surface area contributed by atoms with Crippen molar-refractivity contribution in [2.24, 2.45) is 0 Å². The molecule has 0 aliphatic carbocycles. The monoisotopic (exact) mass is 335 g/mol. The fraction of sp³-hybridized carbons (Fsp3) is 0.722. The van der Waals surface area contributed by atoms with E-state index in [1.807, 2.05) is 17.0 Å². The Morgan fingerprint density at radius 1 is 1.33 bits per heavy atom. The van der Waals surface area contributed by atoms with E-state index in [-0.39, 0.29) is 12.1 Å². The molecule has 1 aromatic rings. The molecule has 6 heteroatoms. The number of urea groups is 1. The summed E-state index contributed by atoms with van der Waals surface area (Å²) in [5.74, 6) is 0.733. The van der Waals surface area contributed by atoms with Crippen LogP contribution in [0.1, 0.15) is 43.9 Å². The summed E-state index contributed by atoms with van der Waals surface area (Å²) in [6, 6.07) is 3.95. The average molecular weight is 335 g/mol. The van der Waals surface area contributed by atoms with Gasteiger partial charge in [0.05, 0.1) is 12.9 Å². The second-order valence-corrected chi connectivity index (χ2v) is 6.81. The van der Waals surface area contributed by atoms with Crippen molar-refractivity contribution in [3.05, 3.63) is 24.2 Å². The summed E-state index contributed by atoms with van der Waals surface area (Å²) < 4.78 is 10.7. The summed E-state index contributed by atoms with van der Waals surface area (Å²) in [6.07, 6.45) is 7.68. The van der Waals surface area contributed by atoms with Gasteiger partial charge in [0, 0.05) is 26.2 Å². The van der Waals surface area contributed by atoms with E-state index >= 15 is 0 Å². The molecule has 0 saturated carbocycles. The number of rotatable bonds is 5. The van der Waals surface area contributed by atoms with Gasteiger partial charge in [0.1, 0.15) is 11.8 Å². The van der Waals surface area contributed by atoms with Gasteiger partial charge in [-0.15, -0.1) is 0 Å². The molecule has 2 fully saturated rings. The lowest BCUT2D eigenvalue weighted by Gasteiger charge is -2.31. The number of methoxy groups -OCH3 is 1. The minimum atomic E-state index is -0.244. The molecule has 2 atom stereocenters. The molecule has 2 saturated heterocycles. The van der Waals surface area contributed by atoms with Crippen LogP contribution in [0.25, 0.3) is 0 Å². The summed E-state index contributed by atoms with van der Waals surface area (Å²) >= 11 is 0. The van der Waals surface area contributed by atoms with Crippen molar-refractivity contribution in [1.82, 2.24) is 15.1 Å². The van der Waals surface area contributed by atoms with Crippen molar-refractivity contribution in [3.8, 4) is 0 Å². The van der Waals surface area contributed by atoms with Crippen LogP contribution in [0.3, 0.4) is 0 Å². The molecule has 2 aliphatic rings. The first-order chi connectivity index (χ1) is 11.8. The molecule has 24 heavy (non-hydrogen) atoms. The van der Waals surface area contributed by atoms with Gasteiger partial charge in [-0.3, -0.25) is 4.90 Å². The van der Waals surface area contributed by atoms with Crippen LogP contribution >= 0.6 is 0 Å². The van der Waals surface area contributed by atoms with Crippen molar-refractivity contribution in [2.75, 3.05) is 39.9 Å². The Morgan fingerprint density at radius 2 is 2.12 bits per heavy atom. The fourth-order valence-electron chi connectivity index (χ4n) is 3.80. The number of ether oxygens (including phenoxy) is 1. The summed E-state index contributed by atoms with van der Waals surface area (Å²) in [6.45, 7) is 4.41. The Morgan fingerprint density at radius 3 is 2.83 bits per heavy atom. The number of carbonyl (C=O) groups excluding carboxylic acids is 1. The van der Waals surface area contributed by atoms with Crippen LogP contribution in [-0.2, 0) is 4.74 Å². The molecule has 1 aromatic heterocycles.